The van der Waals surface area contributed by atoms with Crippen LogP contribution in [0.4, 0.5) is 0 Å². The molecule has 0 amide bonds. The van der Waals surface area contributed by atoms with E-state index in [4.69, 9.17) is 4.74 Å². The highest BCUT2D eigenvalue weighted by Gasteiger charge is 2.02. The molecule has 0 saturated carbocycles. The predicted octanol–water partition coefficient (Wildman–Crippen LogP) is 3.31. The van der Waals surface area contributed by atoms with Crippen LogP contribution >= 0.6 is 15.9 Å². The molecule has 1 heterocycles. The summed E-state index contributed by atoms with van der Waals surface area (Å²) < 4.78 is 8.19. The Hall–Kier alpha value is -1.55. The van der Waals surface area contributed by atoms with Gasteiger partial charge in [-0.3, -0.25) is 4.79 Å². The van der Waals surface area contributed by atoms with Crippen molar-refractivity contribution in [1.82, 2.24) is 4.57 Å². The van der Waals surface area contributed by atoms with Crippen LogP contribution in [0.5, 0.6) is 5.75 Å². The summed E-state index contributed by atoms with van der Waals surface area (Å²) >= 11 is 3.39. The number of rotatable bonds is 4. The van der Waals surface area contributed by atoms with Crippen molar-refractivity contribution in [2.24, 2.45) is 0 Å². The summed E-state index contributed by atoms with van der Waals surface area (Å²) in [5.74, 6) is 0.824. The summed E-state index contributed by atoms with van der Waals surface area (Å²) in [5, 5.41) is 0. The van der Waals surface area contributed by atoms with Crippen molar-refractivity contribution in [3.8, 4) is 5.75 Å². The van der Waals surface area contributed by atoms with Gasteiger partial charge in [0, 0.05) is 16.2 Å². The minimum atomic E-state index is 0.0238. The fraction of sp³-hybridized carbons (Fsp3) is 0.267. The van der Waals surface area contributed by atoms with Crippen LogP contribution < -0.4 is 10.3 Å². The Morgan fingerprint density at radius 2 is 1.89 bits per heavy atom. The number of ether oxygens (including phenoxy) is 1. The molecule has 0 N–H and O–H groups in total. The Morgan fingerprint density at radius 1 is 1.21 bits per heavy atom. The van der Waals surface area contributed by atoms with Gasteiger partial charge in [0.25, 0.3) is 5.56 Å². The third-order valence-electron chi connectivity index (χ3n) is 2.85. The lowest BCUT2D eigenvalue weighted by Crippen LogP contribution is -2.24. The SMILES string of the molecule is Cc1ccc(OCCn2cc(Br)cc(C)c2=O)cc1. The highest BCUT2D eigenvalue weighted by molar-refractivity contribution is 9.10. The van der Waals surface area contributed by atoms with Gasteiger partial charge < -0.3 is 9.30 Å². The fourth-order valence-corrected chi connectivity index (χ4v) is 2.39. The van der Waals surface area contributed by atoms with E-state index in [2.05, 4.69) is 15.9 Å². The lowest BCUT2D eigenvalue weighted by molar-refractivity contribution is 0.296. The monoisotopic (exact) mass is 321 g/mol. The topological polar surface area (TPSA) is 31.2 Å². The number of hydrogen-bond acceptors (Lipinski definition) is 2. The minimum absolute atomic E-state index is 0.0238. The lowest BCUT2D eigenvalue weighted by atomic mass is 10.2. The first-order valence-electron chi connectivity index (χ1n) is 6.12. The van der Waals surface area contributed by atoms with Gasteiger partial charge in [-0.2, -0.15) is 0 Å². The summed E-state index contributed by atoms with van der Waals surface area (Å²) in [5.41, 5.74) is 1.95. The van der Waals surface area contributed by atoms with Crippen molar-refractivity contribution in [3.63, 3.8) is 0 Å². The summed E-state index contributed by atoms with van der Waals surface area (Å²) in [6.07, 6.45) is 1.79. The molecule has 0 radical (unpaired) electrons. The van der Waals surface area contributed by atoms with Gasteiger partial charge in [-0.25, -0.2) is 0 Å². The van der Waals surface area contributed by atoms with Crippen molar-refractivity contribution in [2.75, 3.05) is 6.61 Å². The van der Waals surface area contributed by atoms with E-state index >= 15 is 0 Å². The summed E-state index contributed by atoms with van der Waals surface area (Å²) in [7, 11) is 0. The van der Waals surface area contributed by atoms with Gasteiger partial charge in [-0.1, -0.05) is 17.7 Å². The van der Waals surface area contributed by atoms with Crippen LogP contribution in [0.1, 0.15) is 11.1 Å². The van der Waals surface area contributed by atoms with Crippen molar-refractivity contribution in [1.29, 1.82) is 0 Å². The molecule has 0 aliphatic carbocycles. The fourth-order valence-electron chi connectivity index (χ4n) is 1.80. The van der Waals surface area contributed by atoms with Crippen molar-refractivity contribution < 1.29 is 4.74 Å². The molecule has 1 aromatic heterocycles. The Balaban J connectivity index is 2.00. The van der Waals surface area contributed by atoms with Gasteiger partial charge in [0.15, 0.2) is 0 Å². The Morgan fingerprint density at radius 3 is 2.58 bits per heavy atom. The molecule has 0 spiro atoms. The third-order valence-corrected chi connectivity index (χ3v) is 3.29. The average Bonchev–Trinajstić information content (AvgIpc) is 2.37. The highest BCUT2D eigenvalue weighted by Crippen LogP contribution is 2.12. The first-order valence-corrected chi connectivity index (χ1v) is 6.91. The van der Waals surface area contributed by atoms with E-state index in [1.54, 1.807) is 10.8 Å². The molecule has 19 heavy (non-hydrogen) atoms. The first-order chi connectivity index (χ1) is 9.06. The van der Waals surface area contributed by atoms with Gasteiger partial charge in [0.2, 0.25) is 0 Å². The van der Waals surface area contributed by atoms with E-state index in [0.717, 1.165) is 15.8 Å². The molecule has 2 aromatic rings. The van der Waals surface area contributed by atoms with E-state index in [1.807, 2.05) is 44.2 Å². The summed E-state index contributed by atoms with van der Waals surface area (Å²) in [6.45, 7) is 4.85. The molecule has 3 nitrogen and oxygen atoms in total. The second-order valence-electron chi connectivity index (χ2n) is 4.50. The van der Waals surface area contributed by atoms with Crippen LogP contribution in [0.3, 0.4) is 0 Å². The Bertz CT molecular complexity index is 617. The zero-order valence-electron chi connectivity index (χ0n) is 11.0. The standard InChI is InChI=1S/C15H16BrNO2/c1-11-3-5-14(6-4-11)19-8-7-17-10-13(16)9-12(2)15(17)18/h3-6,9-10H,7-8H2,1-2H3. The molecule has 0 unspecified atom stereocenters. The number of aromatic nitrogens is 1. The number of pyridine rings is 1. The quantitative estimate of drug-likeness (QED) is 0.865. The van der Waals surface area contributed by atoms with E-state index in [1.165, 1.54) is 5.56 Å². The van der Waals surface area contributed by atoms with Crippen LogP contribution in [-0.2, 0) is 6.54 Å². The average molecular weight is 322 g/mol. The molecule has 1 aromatic carbocycles. The van der Waals surface area contributed by atoms with Crippen LogP contribution in [0.25, 0.3) is 0 Å². The third kappa shape index (κ3) is 3.70. The molecule has 0 saturated heterocycles. The maximum atomic E-state index is 11.9. The van der Waals surface area contributed by atoms with Crippen molar-refractivity contribution in [2.45, 2.75) is 20.4 Å². The number of nitrogens with zero attached hydrogens (tertiary/aromatic N) is 1. The molecule has 0 aliphatic heterocycles. The number of benzene rings is 1. The normalized spacial score (nSPS) is 10.5. The zero-order valence-corrected chi connectivity index (χ0v) is 12.6. The maximum Gasteiger partial charge on any atom is 0.253 e. The van der Waals surface area contributed by atoms with Gasteiger partial charge in [0.05, 0.1) is 6.54 Å². The molecule has 0 bridgehead atoms. The van der Waals surface area contributed by atoms with Crippen LogP contribution in [0.15, 0.2) is 45.8 Å². The Kier molecular flexibility index (Phi) is 4.43. The van der Waals surface area contributed by atoms with Gasteiger partial charge in [0.1, 0.15) is 12.4 Å². The van der Waals surface area contributed by atoms with Crippen molar-refractivity contribution >= 4 is 15.9 Å². The number of hydrogen-bond donors (Lipinski definition) is 0. The molecule has 0 fully saturated rings. The zero-order chi connectivity index (χ0) is 13.8. The lowest BCUT2D eigenvalue weighted by Gasteiger charge is -2.09. The minimum Gasteiger partial charge on any atom is -0.492 e. The van der Waals surface area contributed by atoms with E-state index in [0.29, 0.717) is 13.2 Å². The number of halogens is 1. The van der Waals surface area contributed by atoms with Crippen LogP contribution in [0.2, 0.25) is 0 Å². The predicted molar refractivity (Wildman–Crippen MR) is 79.8 cm³/mol. The van der Waals surface area contributed by atoms with Crippen LogP contribution in [-0.4, -0.2) is 11.2 Å². The summed E-state index contributed by atoms with van der Waals surface area (Å²) in [4.78, 5) is 11.9. The molecule has 100 valence electrons. The van der Waals surface area contributed by atoms with Gasteiger partial charge >= 0.3 is 0 Å². The molecular formula is C15H16BrNO2. The molecule has 0 aliphatic rings. The van der Waals surface area contributed by atoms with Crippen LogP contribution in [0, 0.1) is 13.8 Å². The first kappa shape index (κ1) is 13.9. The molecule has 2 rings (SSSR count). The van der Waals surface area contributed by atoms with Gasteiger partial charge in [-0.15, -0.1) is 0 Å². The maximum absolute atomic E-state index is 11.9. The second-order valence-corrected chi connectivity index (χ2v) is 5.42. The second kappa shape index (κ2) is 6.06. The largest absolute Gasteiger partial charge is 0.492 e. The Labute approximate surface area is 121 Å². The molecule has 0 atom stereocenters. The summed E-state index contributed by atoms with van der Waals surface area (Å²) in [6, 6.07) is 9.70. The van der Waals surface area contributed by atoms with Crippen molar-refractivity contribution in [3.05, 3.63) is 62.5 Å². The van der Waals surface area contributed by atoms with E-state index < -0.39 is 0 Å². The van der Waals surface area contributed by atoms with E-state index in [9.17, 15) is 4.79 Å². The molecule has 4 heteroatoms. The van der Waals surface area contributed by atoms with E-state index in [-0.39, 0.29) is 5.56 Å². The smallest absolute Gasteiger partial charge is 0.253 e. The van der Waals surface area contributed by atoms with Gasteiger partial charge in [-0.05, 0) is 48.0 Å². The highest BCUT2D eigenvalue weighted by atomic mass is 79.9. The molecular weight excluding hydrogens is 306 g/mol. The number of aryl methyl sites for hydroxylation is 2.